The topological polar surface area (TPSA) is 100 Å². The number of hydrogen-bond donors (Lipinski definition) is 0. The first-order valence-electron chi connectivity index (χ1n) is 43.4. The van der Waals surface area contributed by atoms with Gasteiger partial charge in [-0.25, -0.2) is 9.97 Å². The summed E-state index contributed by atoms with van der Waals surface area (Å²) in [5.41, 5.74) is 34.7. The summed E-state index contributed by atoms with van der Waals surface area (Å²) in [5, 5.41) is 22.1. The second-order valence-corrected chi connectivity index (χ2v) is 34.1. The van der Waals surface area contributed by atoms with Crippen LogP contribution in [0.1, 0.15) is 0 Å². The Morgan fingerprint density at radius 2 is 0.454 bits per heavy atom. The molecule has 12 nitrogen and oxygen atoms in total. The van der Waals surface area contributed by atoms with Crippen molar-refractivity contribution in [1.82, 2.24) is 40.0 Å². The molecule has 614 valence electrons. The fourth-order valence-corrected chi connectivity index (χ4v) is 19.4. The average molecular weight is 1700 g/mol. The third-order valence-corrected chi connectivity index (χ3v) is 26.1. The first-order chi connectivity index (χ1) is 64.3. The highest BCUT2D eigenvalue weighted by Gasteiger charge is 2.23. The molecule has 0 aliphatic heterocycles. The van der Waals surface area contributed by atoms with Gasteiger partial charge in [-0.2, -0.15) is 9.59 Å². The molecule has 0 saturated heterocycles. The molecular weight excluding hydrogens is 1630 g/mol. The lowest BCUT2D eigenvalue weighted by molar-refractivity contribution is 0.766. The van der Waals surface area contributed by atoms with Crippen molar-refractivity contribution in [2.45, 2.75) is 0 Å². The fourth-order valence-electron chi connectivity index (χ4n) is 17.4. The van der Waals surface area contributed by atoms with E-state index in [2.05, 4.69) is 444 Å². The van der Waals surface area contributed by atoms with Crippen molar-refractivity contribution < 1.29 is 0 Å². The smallest absolute Gasteiger partial charge is 0.124 e. The van der Waals surface area contributed by atoms with Gasteiger partial charge in [-0.15, -0.1) is 43.1 Å². The molecule has 0 fully saturated rings. The van der Waals surface area contributed by atoms with Gasteiger partial charge in [0, 0.05) is 79.4 Å². The highest BCUT2D eigenvalue weighted by Crippen LogP contribution is 2.46. The van der Waals surface area contributed by atoms with Crippen molar-refractivity contribution in [1.29, 1.82) is 0 Å². The van der Waals surface area contributed by atoms with Crippen LogP contribution in [0.15, 0.2) is 473 Å². The monoisotopic (exact) mass is 1700 g/mol. The number of anilines is 12. The van der Waals surface area contributed by atoms with E-state index in [0.29, 0.717) is 0 Å². The van der Waals surface area contributed by atoms with Gasteiger partial charge in [0.25, 0.3) is 0 Å². The van der Waals surface area contributed by atoms with Gasteiger partial charge in [-0.3, -0.25) is 0 Å². The molecule has 0 N–H and O–H groups in total. The van der Waals surface area contributed by atoms with Gasteiger partial charge in [0.2, 0.25) is 0 Å². The fraction of sp³-hybridized carbons (Fsp3) is 0. The molecule has 0 radical (unpaired) electrons. The molecule has 14 heteroatoms. The summed E-state index contributed by atoms with van der Waals surface area (Å²) in [6.07, 6.45) is 0. The normalized spacial score (nSPS) is 11.4. The predicted molar refractivity (Wildman–Crippen MR) is 540 cm³/mol. The van der Waals surface area contributed by atoms with E-state index in [-0.39, 0.29) is 0 Å². The number of fused-ring (bicyclic) bond motifs is 4. The zero-order valence-electron chi connectivity index (χ0n) is 70.2. The highest BCUT2D eigenvalue weighted by atomic mass is 32.1. The number of benzene rings is 19. The zero-order chi connectivity index (χ0) is 86.2. The van der Waals surface area contributed by atoms with Gasteiger partial charge < -0.3 is 19.6 Å². The highest BCUT2D eigenvalue weighted by molar-refractivity contribution is 7.22. The van der Waals surface area contributed by atoms with Crippen LogP contribution in [0.3, 0.4) is 0 Å². The van der Waals surface area contributed by atoms with Crippen LogP contribution in [0.4, 0.5) is 68.2 Å². The Kier molecular flexibility index (Phi) is 20.4. The standard InChI is InChI=1S/C116H78N12S2/c1-6-25-91(26-7-1)123(95-57-44-80(45-58-95)79-40-42-86(43-41-79)115-117-109-36-16-18-38-113(109)129-115)96-59-46-81(47-60-96)82-48-61-97(62-49-82)124(92-27-8-2-9-28-92)98-67-54-85(55-68-98)105-71-56-90(116-118-110-37-17-19-39-114(110)130-116)76-106(105)89-24-21-35-104(75-89)128-120-108-73-70-103(78-112(108)122-128)126(94-31-12-4-13-32-94)100-65-52-84(53-66-100)88-23-20-22-87(74-88)83-50-63-99(64-51-83)125(93-29-10-3-11-30-93)102-69-72-107-111(77-102)121-127(119-107)101-33-14-5-15-34-101/h1-78H. The number of hydrogen-bond acceptors (Lipinski definition) is 12. The summed E-state index contributed by atoms with van der Waals surface area (Å²) in [5.74, 6) is 0. The lowest BCUT2D eigenvalue weighted by Gasteiger charge is -2.26. The summed E-state index contributed by atoms with van der Waals surface area (Å²) in [6, 6.07) is 168. The Balaban J connectivity index is 0.507. The van der Waals surface area contributed by atoms with Crippen LogP contribution in [0.5, 0.6) is 0 Å². The molecular formula is C116H78N12S2. The van der Waals surface area contributed by atoms with Gasteiger partial charge >= 0.3 is 0 Å². The number of rotatable bonds is 22. The molecule has 0 bridgehead atoms. The van der Waals surface area contributed by atoms with Crippen LogP contribution in [-0.2, 0) is 0 Å². The summed E-state index contributed by atoms with van der Waals surface area (Å²) >= 11 is 3.43. The zero-order valence-corrected chi connectivity index (χ0v) is 71.8. The minimum absolute atomic E-state index is 0.764. The second kappa shape index (κ2) is 34.1. The maximum atomic E-state index is 5.26. The molecule has 23 aromatic rings. The number of para-hydroxylation sites is 7. The number of thiazole rings is 2. The minimum Gasteiger partial charge on any atom is -0.311 e. The van der Waals surface area contributed by atoms with Crippen LogP contribution < -0.4 is 19.6 Å². The van der Waals surface area contributed by atoms with Gasteiger partial charge in [-0.05, 0) is 285 Å². The molecule has 0 unspecified atom stereocenters. The largest absolute Gasteiger partial charge is 0.311 e. The van der Waals surface area contributed by atoms with Gasteiger partial charge in [0.05, 0.1) is 31.8 Å². The van der Waals surface area contributed by atoms with Gasteiger partial charge in [0.15, 0.2) is 0 Å². The number of aromatic nitrogens is 8. The average Bonchev–Trinajstić information content (AvgIpc) is 1.66. The van der Waals surface area contributed by atoms with Crippen molar-refractivity contribution in [3.8, 4) is 99.3 Å². The Morgan fingerprint density at radius 3 is 0.869 bits per heavy atom. The molecule has 0 aliphatic carbocycles. The van der Waals surface area contributed by atoms with Crippen LogP contribution in [0.2, 0.25) is 0 Å². The number of nitrogens with zero attached hydrogens (tertiary/aromatic N) is 12. The van der Waals surface area contributed by atoms with E-state index in [1.165, 1.54) is 4.70 Å². The van der Waals surface area contributed by atoms with E-state index in [9.17, 15) is 0 Å². The molecule has 4 heterocycles. The molecule has 0 amide bonds. The van der Waals surface area contributed by atoms with E-state index in [0.717, 1.165) is 205 Å². The maximum Gasteiger partial charge on any atom is 0.124 e. The molecule has 0 aliphatic rings. The molecule has 0 spiro atoms. The van der Waals surface area contributed by atoms with E-state index in [1.54, 1.807) is 32.3 Å². The first-order valence-corrected chi connectivity index (χ1v) is 45.0. The van der Waals surface area contributed by atoms with Crippen molar-refractivity contribution in [3.63, 3.8) is 0 Å². The van der Waals surface area contributed by atoms with E-state index in [1.807, 2.05) is 48.5 Å². The Hall–Kier alpha value is -17.0. The summed E-state index contributed by atoms with van der Waals surface area (Å²) in [4.78, 5) is 22.7. The molecule has 4 aromatic heterocycles. The predicted octanol–water partition coefficient (Wildman–Crippen LogP) is 31.6. The molecule has 0 saturated carbocycles. The van der Waals surface area contributed by atoms with Gasteiger partial charge in [0.1, 0.15) is 32.1 Å². The summed E-state index contributed by atoms with van der Waals surface area (Å²) in [6.45, 7) is 0. The molecule has 130 heavy (non-hydrogen) atoms. The quantitative estimate of drug-likeness (QED) is 0.0652. The lowest BCUT2D eigenvalue weighted by Crippen LogP contribution is -2.10. The van der Waals surface area contributed by atoms with Gasteiger partial charge in [-0.1, -0.05) is 255 Å². The van der Waals surface area contributed by atoms with Crippen LogP contribution in [0, 0.1) is 0 Å². The van der Waals surface area contributed by atoms with E-state index in [4.69, 9.17) is 30.4 Å². The van der Waals surface area contributed by atoms with Crippen LogP contribution in [0.25, 0.3) is 142 Å². The molecule has 23 rings (SSSR count). The second-order valence-electron chi connectivity index (χ2n) is 32.1. The third kappa shape index (κ3) is 15.5. The van der Waals surface area contributed by atoms with Crippen molar-refractivity contribution in [3.05, 3.63) is 473 Å². The molecule has 19 aromatic carbocycles. The minimum atomic E-state index is 0.764. The van der Waals surface area contributed by atoms with E-state index >= 15 is 0 Å². The van der Waals surface area contributed by atoms with Crippen LogP contribution in [-0.4, -0.2) is 40.0 Å². The Morgan fingerprint density at radius 1 is 0.162 bits per heavy atom. The summed E-state index contributed by atoms with van der Waals surface area (Å²) < 4.78 is 2.34. The first kappa shape index (κ1) is 77.7. The van der Waals surface area contributed by atoms with Crippen LogP contribution >= 0.6 is 22.7 Å². The Labute approximate surface area is 760 Å². The Bertz CT molecular complexity index is 7930. The lowest BCUT2D eigenvalue weighted by atomic mass is 9.92. The van der Waals surface area contributed by atoms with Crippen molar-refractivity contribution in [2.24, 2.45) is 0 Å². The third-order valence-electron chi connectivity index (χ3n) is 23.9. The maximum absolute atomic E-state index is 5.26. The molecule has 0 atom stereocenters. The summed E-state index contributed by atoms with van der Waals surface area (Å²) in [7, 11) is 0. The van der Waals surface area contributed by atoms with Crippen molar-refractivity contribution >= 4 is 133 Å². The van der Waals surface area contributed by atoms with Crippen molar-refractivity contribution in [2.75, 3.05) is 19.6 Å². The SMILES string of the molecule is c1ccc(N(c2ccc(-c3ccc(-c4nc5ccccc5s4)cc3)cc2)c2ccc(-c3ccc(N(c4ccccc4)c4ccc(-c5ccc(-c6nc7ccccc7s6)cc5-c5cccc(-n6nc7ccc(N(c8ccccc8)c8ccc(-c9cccc(-c%10ccc(N(c%11ccccc%11)c%11ccc%12nn(-c%13ccccc%13)nc%12c%11)cc%10)c9)cc8)cc7n6)c5)cc4)cc3)cc2)cc1. The van der Waals surface area contributed by atoms with E-state index < -0.39 is 0 Å².